The van der Waals surface area contributed by atoms with Crippen molar-refractivity contribution >= 4 is 10.2 Å². The largest absolute Gasteiger partial charge is 0.329 e. The summed E-state index contributed by atoms with van der Waals surface area (Å²) in [5, 5.41) is 0. The summed E-state index contributed by atoms with van der Waals surface area (Å²) < 4.78 is 26.4. The van der Waals surface area contributed by atoms with Crippen LogP contribution in [0.3, 0.4) is 0 Å². The first-order valence-electron chi connectivity index (χ1n) is 4.39. The van der Waals surface area contributed by atoms with E-state index in [0.717, 1.165) is 12.8 Å². The molecule has 6 heteroatoms. The molecule has 0 bridgehead atoms. The van der Waals surface area contributed by atoms with Gasteiger partial charge in [0.2, 0.25) is 0 Å². The van der Waals surface area contributed by atoms with Crippen LogP contribution in [0, 0.1) is 5.92 Å². The maximum absolute atomic E-state index is 11.4. The summed E-state index contributed by atoms with van der Waals surface area (Å²) in [7, 11) is -0.331. The normalized spacial score (nSPS) is 20.6. The molecule has 1 fully saturated rings. The van der Waals surface area contributed by atoms with Gasteiger partial charge in [0.25, 0.3) is 10.2 Å². The molecule has 0 heterocycles. The molecule has 78 valence electrons. The Balaban J connectivity index is 2.68. The minimum absolute atomic E-state index is 0.0440. The molecule has 1 aliphatic rings. The van der Waals surface area contributed by atoms with Crippen molar-refractivity contribution in [3.63, 3.8) is 0 Å². The molecule has 1 unspecified atom stereocenters. The third-order valence-corrected chi connectivity index (χ3v) is 4.06. The van der Waals surface area contributed by atoms with E-state index >= 15 is 0 Å². The van der Waals surface area contributed by atoms with Gasteiger partial charge in [0.05, 0.1) is 0 Å². The van der Waals surface area contributed by atoms with E-state index in [-0.39, 0.29) is 6.04 Å². The van der Waals surface area contributed by atoms with Crippen LogP contribution in [0.2, 0.25) is 0 Å². The van der Waals surface area contributed by atoms with Crippen LogP contribution in [0.1, 0.15) is 12.8 Å². The highest BCUT2D eigenvalue weighted by Gasteiger charge is 2.36. The molecule has 0 aliphatic heterocycles. The van der Waals surface area contributed by atoms with Crippen LogP contribution < -0.4 is 10.5 Å². The van der Waals surface area contributed by atoms with Crippen LogP contribution in [-0.2, 0) is 10.2 Å². The minimum atomic E-state index is -3.31. The summed E-state index contributed by atoms with van der Waals surface area (Å²) in [6.07, 6.45) is 2.18. The molecule has 0 saturated heterocycles. The van der Waals surface area contributed by atoms with E-state index in [4.69, 9.17) is 5.73 Å². The maximum atomic E-state index is 11.4. The molecule has 1 rings (SSSR count). The van der Waals surface area contributed by atoms with E-state index in [9.17, 15) is 8.42 Å². The molecule has 5 nitrogen and oxygen atoms in total. The van der Waals surface area contributed by atoms with Gasteiger partial charge in [0, 0.05) is 26.7 Å². The number of hydrogen-bond acceptors (Lipinski definition) is 3. The second kappa shape index (κ2) is 3.91. The average molecular weight is 207 g/mol. The van der Waals surface area contributed by atoms with Gasteiger partial charge in [-0.15, -0.1) is 0 Å². The summed E-state index contributed by atoms with van der Waals surface area (Å²) in [6, 6.07) is -0.0440. The summed E-state index contributed by atoms with van der Waals surface area (Å²) in [4.78, 5) is 0. The fourth-order valence-electron chi connectivity index (χ4n) is 1.44. The first-order chi connectivity index (χ1) is 6.03. The van der Waals surface area contributed by atoms with Crippen LogP contribution in [0.25, 0.3) is 0 Å². The van der Waals surface area contributed by atoms with Crippen LogP contribution in [-0.4, -0.2) is 39.4 Å². The summed E-state index contributed by atoms with van der Waals surface area (Å²) >= 11 is 0. The van der Waals surface area contributed by atoms with Gasteiger partial charge < -0.3 is 5.73 Å². The predicted octanol–water partition coefficient (Wildman–Crippen LogP) is -0.880. The van der Waals surface area contributed by atoms with E-state index in [1.807, 2.05) is 0 Å². The van der Waals surface area contributed by atoms with Crippen LogP contribution >= 0.6 is 0 Å². The number of rotatable bonds is 5. The molecular formula is C7H17N3O2S. The number of nitrogens with two attached hydrogens (primary N) is 1. The second-order valence-corrected chi connectivity index (χ2v) is 5.30. The van der Waals surface area contributed by atoms with Crippen molar-refractivity contribution < 1.29 is 8.42 Å². The summed E-state index contributed by atoms with van der Waals surface area (Å²) in [6.45, 7) is 0.391. The first-order valence-corrected chi connectivity index (χ1v) is 5.83. The Morgan fingerprint density at radius 2 is 2.15 bits per heavy atom. The van der Waals surface area contributed by atoms with Gasteiger partial charge in [-0.2, -0.15) is 12.7 Å². The smallest absolute Gasteiger partial charge is 0.279 e. The second-order valence-electron chi connectivity index (χ2n) is 3.37. The van der Waals surface area contributed by atoms with Gasteiger partial charge in [0.15, 0.2) is 0 Å². The van der Waals surface area contributed by atoms with Gasteiger partial charge in [-0.3, -0.25) is 0 Å². The molecule has 13 heavy (non-hydrogen) atoms. The van der Waals surface area contributed by atoms with E-state index < -0.39 is 10.2 Å². The van der Waals surface area contributed by atoms with Crippen molar-refractivity contribution in [3.05, 3.63) is 0 Å². The Hall–Kier alpha value is -0.170. The molecule has 0 amide bonds. The van der Waals surface area contributed by atoms with Gasteiger partial charge in [-0.25, -0.2) is 4.72 Å². The zero-order valence-electron chi connectivity index (χ0n) is 8.03. The van der Waals surface area contributed by atoms with Crippen molar-refractivity contribution in [1.29, 1.82) is 0 Å². The van der Waals surface area contributed by atoms with E-state index in [1.165, 1.54) is 11.4 Å². The maximum Gasteiger partial charge on any atom is 0.279 e. The number of nitrogens with one attached hydrogen (secondary N) is 1. The Morgan fingerprint density at radius 3 is 2.46 bits per heavy atom. The molecule has 0 spiro atoms. The quantitative estimate of drug-likeness (QED) is 0.614. The van der Waals surface area contributed by atoms with Gasteiger partial charge in [0.1, 0.15) is 0 Å². The summed E-state index contributed by atoms with van der Waals surface area (Å²) in [5.41, 5.74) is 5.53. The predicted molar refractivity (Wildman–Crippen MR) is 51.3 cm³/mol. The Morgan fingerprint density at radius 1 is 1.62 bits per heavy atom. The highest BCUT2D eigenvalue weighted by atomic mass is 32.2. The third kappa shape index (κ3) is 2.40. The average Bonchev–Trinajstić information content (AvgIpc) is 2.89. The first kappa shape index (κ1) is 10.9. The van der Waals surface area contributed by atoms with Gasteiger partial charge >= 0.3 is 0 Å². The highest BCUT2D eigenvalue weighted by molar-refractivity contribution is 7.87. The fourth-order valence-corrected chi connectivity index (χ4v) is 2.34. The number of likely N-dealkylation sites (N-methyl/N-ethyl adjacent to an activating group) is 1. The van der Waals surface area contributed by atoms with E-state index in [0.29, 0.717) is 12.5 Å². The van der Waals surface area contributed by atoms with Crippen LogP contribution in [0.5, 0.6) is 0 Å². The molecule has 1 atom stereocenters. The Labute approximate surface area is 79.5 Å². The molecular weight excluding hydrogens is 190 g/mol. The number of hydrogen-bond donors (Lipinski definition) is 2. The standard InChI is InChI=1S/C7H17N3O2S/c1-9-13(11,12)10(2)7(5-8)6-3-4-6/h6-7,9H,3-5,8H2,1-2H3. The molecule has 0 aromatic heterocycles. The molecule has 3 N–H and O–H groups in total. The topological polar surface area (TPSA) is 75.4 Å². The molecule has 1 saturated carbocycles. The summed E-state index contributed by atoms with van der Waals surface area (Å²) in [5.74, 6) is 0.457. The molecule has 0 aromatic rings. The molecule has 1 aliphatic carbocycles. The van der Waals surface area contributed by atoms with Gasteiger partial charge in [-0.1, -0.05) is 0 Å². The highest BCUT2D eigenvalue weighted by Crippen LogP contribution is 2.35. The molecule has 0 aromatic carbocycles. The zero-order chi connectivity index (χ0) is 10.1. The number of nitrogens with zero attached hydrogens (tertiary/aromatic N) is 1. The van der Waals surface area contributed by atoms with Crippen molar-refractivity contribution in [2.45, 2.75) is 18.9 Å². The molecule has 0 radical (unpaired) electrons. The lowest BCUT2D eigenvalue weighted by Gasteiger charge is -2.25. The van der Waals surface area contributed by atoms with Crippen molar-refractivity contribution in [3.8, 4) is 0 Å². The lowest BCUT2D eigenvalue weighted by atomic mass is 10.2. The Bertz CT molecular complexity index is 261. The van der Waals surface area contributed by atoms with Crippen molar-refractivity contribution in [2.75, 3.05) is 20.6 Å². The lowest BCUT2D eigenvalue weighted by Crippen LogP contribution is -2.47. The SMILES string of the molecule is CNS(=O)(=O)N(C)C(CN)C1CC1. The van der Waals surface area contributed by atoms with Crippen molar-refractivity contribution in [2.24, 2.45) is 11.7 Å². The fraction of sp³-hybridized carbons (Fsp3) is 1.00. The van der Waals surface area contributed by atoms with Crippen LogP contribution in [0.15, 0.2) is 0 Å². The van der Waals surface area contributed by atoms with Crippen LogP contribution in [0.4, 0.5) is 0 Å². The van der Waals surface area contributed by atoms with E-state index in [2.05, 4.69) is 4.72 Å². The van der Waals surface area contributed by atoms with Gasteiger partial charge in [-0.05, 0) is 18.8 Å². The Kier molecular flexibility index (Phi) is 3.28. The lowest BCUT2D eigenvalue weighted by molar-refractivity contribution is 0.337. The van der Waals surface area contributed by atoms with E-state index in [1.54, 1.807) is 7.05 Å². The van der Waals surface area contributed by atoms with Crippen molar-refractivity contribution in [1.82, 2.24) is 9.03 Å². The monoisotopic (exact) mass is 207 g/mol. The third-order valence-electron chi connectivity index (χ3n) is 2.51. The zero-order valence-corrected chi connectivity index (χ0v) is 8.84. The minimum Gasteiger partial charge on any atom is -0.329 e.